The van der Waals surface area contributed by atoms with Gasteiger partial charge in [-0.15, -0.1) is 0 Å². The van der Waals surface area contributed by atoms with Crippen LogP contribution in [0.1, 0.15) is 58.1 Å². The third kappa shape index (κ3) is 4.58. The van der Waals surface area contributed by atoms with Crippen molar-refractivity contribution in [2.45, 2.75) is 50.5 Å². The molecule has 2 aromatic rings. The minimum absolute atomic E-state index is 0.253. The zero-order chi connectivity index (χ0) is 25.7. The lowest BCUT2D eigenvalue weighted by molar-refractivity contribution is -0.148. The van der Waals surface area contributed by atoms with Crippen molar-refractivity contribution in [1.82, 2.24) is 14.8 Å². The van der Waals surface area contributed by atoms with Crippen molar-refractivity contribution in [2.75, 3.05) is 6.54 Å². The predicted molar refractivity (Wildman–Crippen MR) is 108 cm³/mol. The Morgan fingerprint density at radius 3 is 2.26 bits per heavy atom. The molecule has 1 aromatic heterocycles. The number of halogens is 6. The highest BCUT2D eigenvalue weighted by atomic mass is 19.4. The van der Waals surface area contributed by atoms with Gasteiger partial charge in [0.25, 0.3) is 11.8 Å². The van der Waals surface area contributed by atoms with Crippen LogP contribution in [-0.2, 0) is 6.54 Å². The van der Waals surface area contributed by atoms with Gasteiger partial charge in [-0.05, 0) is 12.8 Å². The largest absolute Gasteiger partial charge is 0.503 e. The Morgan fingerprint density at radius 2 is 1.66 bits per heavy atom. The van der Waals surface area contributed by atoms with Gasteiger partial charge in [0.15, 0.2) is 11.4 Å². The van der Waals surface area contributed by atoms with Crippen molar-refractivity contribution in [3.8, 4) is 5.75 Å². The minimum Gasteiger partial charge on any atom is -0.503 e. The molecule has 1 fully saturated rings. The molecule has 4 rings (SSSR count). The number of aromatic nitrogens is 1. The van der Waals surface area contributed by atoms with Gasteiger partial charge in [-0.25, -0.2) is 13.2 Å². The second kappa shape index (κ2) is 8.93. The van der Waals surface area contributed by atoms with Gasteiger partial charge in [-0.1, -0.05) is 12.8 Å². The molecule has 7 nitrogen and oxygen atoms in total. The van der Waals surface area contributed by atoms with Gasteiger partial charge in [0.1, 0.15) is 29.6 Å². The number of amides is 2. The number of nitrogens with zero attached hydrogens (tertiary/aromatic N) is 2. The van der Waals surface area contributed by atoms with E-state index in [1.54, 1.807) is 0 Å². The summed E-state index contributed by atoms with van der Waals surface area (Å²) in [6.07, 6.45) is -1.99. The Balaban J connectivity index is 1.70. The van der Waals surface area contributed by atoms with Gasteiger partial charge in [-0.3, -0.25) is 14.4 Å². The van der Waals surface area contributed by atoms with Crippen LogP contribution in [0.2, 0.25) is 0 Å². The molecule has 2 N–H and O–H groups in total. The molecular formula is C22H19F6N3O4. The van der Waals surface area contributed by atoms with Gasteiger partial charge < -0.3 is 19.9 Å². The molecule has 2 atom stereocenters. The normalized spacial score (nSPS) is 19.8. The summed E-state index contributed by atoms with van der Waals surface area (Å²) in [6, 6.07) is -0.786. The van der Waals surface area contributed by atoms with Crippen LogP contribution in [-0.4, -0.2) is 45.2 Å². The highest BCUT2D eigenvalue weighted by Crippen LogP contribution is 2.40. The van der Waals surface area contributed by atoms with Gasteiger partial charge in [0, 0.05) is 30.4 Å². The Morgan fingerprint density at radius 1 is 1.06 bits per heavy atom. The summed E-state index contributed by atoms with van der Waals surface area (Å²) in [6.45, 7) is -2.32. The average molecular weight is 503 g/mol. The van der Waals surface area contributed by atoms with Gasteiger partial charge in [0.2, 0.25) is 5.43 Å². The monoisotopic (exact) mass is 503 g/mol. The summed E-state index contributed by atoms with van der Waals surface area (Å²) in [7, 11) is 0. The number of rotatable bonds is 4. The van der Waals surface area contributed by atoms with Gasteiger partial charge in [-0.2, -0.15) is 13.2 Å². The maximum Gasteiger partial charge on any atom is 0.406 e. The molecule has 1 aliphatic carbocycles. The molecule has 13 heteroatoms. The second-order valence-corrected chi connectivity index (χ2v) is 8.47. The SMILES string of the molecule is O=C(NCc1c(F)cc(F)cc1F)c1cn2c(c(O)c1=O)C(=O)N(CC(F)(F)F)[C@@H]1CCCC[C@H]12. The van der Waals surface area contributed by atoms with Gasteiger partial charge >= 0.3 is 6.18 Å². The average Bonchev–Trinajstić information content (AvgIpc) is 2.76. The van der Waals surface area contributed by atoms with Gasteiger partial charge in [0.05, 0.1) is 12.1 Å². The maximum absolute atomic E-state index is 13.9. The van der Waals surface area contributed by atoms with Crippen LogP contribution in [0, 0.1) is 17.5 Å². The number of alkyl halides is 3. The number of carbonyl (C=O) groups is 2. The maximum atomic E-state index is 13.9. The van der Waals surface area contributed by atoms with E-state index in [0.29, 0.717) is 36.3 Å². The lowest BCUT2D eigenvalue weighted by atomic mass is 9.86. The third-order valence-electron chi connectivity index (χ3n) is 6.25. The van der Waals surface area contributed by atoms with Crippen molar-refractivity contribution in [1.29, 1.82) is 0 Å². The van der Waals surface area contributed by atoms with E-state index >= 15 is 0 Å². The summed E-state index contributed by atoms with van der Waals surface area (Å²) in [5, 5.41) is 12.6. The van der Waals surface area contributed by atoms with Crippen LogP contribution in [0.5, 0.6) is 5.75 Å². The first-order chi connectivity index (χ1) is 16.4. The number of pyridine rings is 1. The Labute approximate surface area is 194 Å². The zero-order valence-corrected chi connectivity index (χ0v) is 18.0. The van der Waals surface area contributed by atoms with Crippen LogP contribution in [0.3, 0.4) is 0 Å². The van der Waals surface area contributed by atoms with Crippen molar-refractivity contribution in [2.24, 2.45) is 0 Å². The first kappa shape index (κ1) is 24.6. The Bertz CT molecular complexity index is 1240. The molecule has 1 aliphatic heterocycles. The zero-order valence-electron chi connectivity index (χ0n) is 18.0. The molecule has 1 aromatic carbocycles. The lowest BCUT2D eigenvalue weighted by Crippen LogP contribution is -2.55. The quantitative estimate of drug-likeness (QED) is 0.626. The summed E-state index contributed by atoms with van der Waals surface area (Å²) < 4.78 is 81.4. The Hall–Kier alpha value is -3.51. The second-order valence-electron chi connectivity index (χ2n) is 8.47. The topological polar surface area (TPSA) is 91.6 Å². The van der Waals surface area contributed by atoms with Crippen LogP contribution in [0.4, 0.5) is 26.3 Å². The number of carbonyl (C=O) groups excluding carboxylic acids is 2. The lowest BCUT2D eigenvalue weighted by Gasteiger charge is -2.46. The van der Waals surface area contributed by atoms with Crippen LogP contribution in [0.15, 0.2) is 23.1 Å². The molecule has 0 radical (unpaired) electrons. The van der Waals surface area contributed by atoms with E-state index in [4.69, 9.17) is 0 Å². The number of benzene rings is 1. The van der Waals surface area contributed by atoms with Crippen molar-refractivity contribution < 1.29 is 41.0 Å². The van der Waals surface area contributed by atoms with E-state index in [1.807, 2.05) is 0 Å². The highest BCUT2D eigenvalue weighted by Gasteiger charge is 2.46. The summed E-state index contributed by atoms with van der Waals surface area (Å²) in [5.41, 5.74) is -3.33. The smallest absolute Gasteiger partial charge is 0.406 e. The number of hydrogen-bond donors (Lipinski definition) is 2. The minimum atomic E-state index is -4.71. The molecular weight excluding hydrogens is 484 g/mol. The molecule has 1 saturated carbocycles. The van der Waals surface area contributed by atoms with Crippen molar-refractivity contribution in [3.05, 3.63) is 62.8 Å². The van der Waals surface area contributed by atoms with E-state index in [-0.39, 0.29) is 6.42 Å². The van der Waals surface area contributed by atoms with Crippen LogP contribution < -0.4 is 10.7 Å². The van der Waals surface area contributed by atoms with Crippen molar-refractivity contribution >= 4 is 11.8 Å². The summed E-state index contributed by atoms with van der Waals surface area (Å²) in [4.78, 5) is 38.8. The van der Waals surface area contributed by atoms with Crippen molar-refractivity contribution in [3.63, 3.8) is 0 Å². The fourth-order valence-electron chi connectivity index (χ4n) is 4.71. The van der Waals surface area contributed by atoms with E-state index in [2.05, 4.69) is 5.32 Å². The number of aromatic hydroxyl groups is 1. The third-order valence-corrected chi connectivity index (χ3v) is 6.25. The van der Waals surface area contributed by atoms with Crippen LogP contribution >= 0.6 is 0 Å². The Kier molecular flexibility index (Phi) is 6.28. The van der Waals surface area contributed by atoms with E-state index < -0.39 is 88.6 Å². The van der Waals surface area contributed by atoms with Crippen LogP contribution in [0.25, 0.3) is 0 Å². The molecule has 188 valence electrons. The molecule has 0 spiro atoms. The molecule has 2 amide bonds. The molecule has 0 unspecified atom stereocenters. The first-order valence-corrected chi connectivity index (χ1v) is 10.7. The molecule has 2 heterocycles. The number of hydrogen-bond acceptors (Lipinski definition) is 4. The molecule has 0 saturated heterocycles. The van der Waals surface area contributed by atoms with E-state index in [1.165, 1.54) is 0 Å². The summed E-state index contributed by atoms with van der Waals surface area (Å²) in [5.74, 6) is -7.25. The number of fused-ring (bicyclic) bond motifs is 3. The van der Waals surface area contributed by atoms with E-state index in [0.717, 1.165) is 10.8 Å². The number of nitrogens with one attached hydrogen (secondary N) is 1. The standard InChI is InChI=1S/C22H19F6N3O4/c23-10-5-13(24)11(14(25)6-10)7-29-20(34)12-8-30-15-3-1-2-4-16(15)31(9-22(26,27)28)21(35)17(30)19(33)18(12)32/h5-6,8,15-16,33H,1-4,7,9H2,(H,29,34)/t15-,16-/m1/s1. The van der Waals surface area contributed by atoms with E-state index in [9.17, 15) is 45.8 Å². The first-order valence-electron chi connectivity index (χ1n) is 10.7. The highest BCUT2D eigenvalue weighted by molar-refractivity contribution is 5.99. The summed E-state index contributed by atoms with van der Waals surface area (Å²) >= 11 is 0. The molecule has 2 aliphatic rings. The predicted octanol–water partition coefficient (Wildman–Crippen LogP) is 3.40. The molecule has 35 heavy (non-hydrogen) atoms. The molecule has 0 bridgehead atoms. The fraction of sp³-hybridized carbons (Fsp3) is 0.409. The fourth-order valence-corrected chi connectivity index (χ4v) is 4.71.